The Balaban J connectivity index is 2.36. The normalized spacial score (nSPS) is 13.0. The van der Waals surface area contributed by atoms with E-state index in [0.29, 0.717) is 5.22 Å². The standard InChI is InChI=1S/C11H11BrClNOS/c1-6-5-8(16-11(6)12)10(14-2)7-3-4-9(13)15-7/h3-5,10,14H,1-2H3. The molecule has 2 heterocycles. The van der Waals surface area contributed by atoms with Crippen LogP contribution in [-0.2, 0) is 0 Å². The maximum atomic E-state index is 5.79. The van der Waals surface area contributed by atoms with Crippen LogP contribution in [0, 0.1) is 6.92 Å². The van der Waals surface area contributed by atoms with Crippen LogP contribution in [0.1, 0.15) is 22.2 Å². The van der Waals surface area contributed by atoms with Gasteiger partial charge in [-0.15, -0.1) is 11.3 Å². The van der Waals surface area contributed by atoms with Crippen molar-refractivity contribution in [2.75, 3.05) is 7.05 Å². The van der Waals surface area contributed by atoms with E-state index in [0.717, 1.165) is 9.55 Å². The molecule has 2 nitrogen and oxygen atoms in total. The van der Waals surface area contributed by atoms with Crippen LogP contribution in [0.25, 0.3) is 0 Å². The van der Waals surface area contributed by atoms with Crippen molar-refractivity contribution in [3.63, 3.8) is 0 Å². The van der Waals surface area contributed by atoms with Gasteiger partial charge in [0.1, 0.15) is 11.8 Å². The highest BCUT2D eigenvalue weighted by molar-refractivity contribution is 9.11. The molecule has 0 spiro atoms. The van der Waals surface area contributed by atoms with E-state index in [1.807, 2.05) is 13.1 Å². The fraction of sp³-hybridized carbons (Fsp3) is 0.273. The Labute approximate surface area is 112 Å². The van der Waals surface area contributed by atoms with Gasteiger partial charge in [-0.3, -0.25) is 0 Å². The van der Waals surface area contributed by atoms with Gasteiger partial charge in [0.05, 0.1) is 3.79 Å². The molecule has 16 heavy (non-hydrogen) atoms. The monoisotopic (exact) mass is 319 g/mol. The van der Waals surface area contributed by atoms with Gasteiger partial charge in [0.15, 0.2) is 5.22 Å². The highest BCUT2D eigenvalue weighted by atomic mass is 79.9. The zero-order valence-corrected chi connectivity index (χ0v) is 12.0. The lowest BCUT2D eigenvalue weighted by Gasteiger charge is -2.10. The molecule has 0 saturated heterocycles. The fourth-order valence-electron chi connectivity index (χ4n) is 1.53. The Morgan fingerprint density at radius 2 is 2.25 bits per heavy atom. The first-order valence-corrected chi connectivity index (χ1v) is 6.79. The summed E-state index contributed by atoms with van der Waals surface area (Å²) in [7, 11) is 1.91. The van der Waals surface area contributed by atoms with Gasteiger partial charge < -0.3 is 9.73 Å². The van der Waals surface area contributed by atoms with E-state index < -0.39 is 0 Å². The first-order valence-electron chi connectivity index (χ1n) is 4.80. The van der Waals surface area contributed by atoms with E-state index in [1.165, 1.54) is 10.4 Å². The van der Waals surface area contributed by atoms with Crippen LogP contribution in [0.15, 0.2) is 26.4 Å². The summed E-state index contributed by atoms with van der Waals surface area (Å²) < 4.78 is 6.59. The molecular weight excluding hydrogens is 310 g/mol. The van der Waals surface area contributed by atoms with Gasteiger partial charge >= 0.3 is 0 Å². The van der Waals surface area contributed by atoms with Gasteiger partial charge in [0.25, 0.3) is 0 Å². The molecule has 86 valence electrons. The Bertz CT molecular complexity index is 474. The number of nitrogens with one attached hydrogen (secondary N) is 1. The van der Waals surface area contributed by atoms with Crippen molar-refractivity contribution >= 4 is 38.9 Å². The van der Waals surface area contributed by atoms with E-state index in [2.05, 4.69) is 34.2 Å². The molecule has 5 heteroatoms. The molecule has 2 aromatic heterocycles. The van der Waals surface area contributed by atoms with Crippen molar-refractivity contribution in [1.29, 1.82) is 0 Å². The summed E-state index contributed by atoms with van der Waals surface area (Å²) in [5.74, 6) is 0.834. The third kappa shape index (κ3) is 2.35. The SMILES string of the molecule is CNC(c1ccc(Cl)o1)c1cc(C)c(Br)s1. The number of hydrogen-bond acceptors (Lipinski definition) is 3. The highest BCUT2D eigenvalue weighted by Crippen LogP contribution is 2.35. The van der Waals surface area contributed by atoms with Crippen LogP contribution in [0.2, 0.25) is 5.22 Å². The van der Waals surface area contributed by atoms with Crippen molar-refractivity contribution in [2.24, 2.45) is 0 Å². The Morgan fingerprint density at radius 1 is 1.50 bits per heavy atom. The molecule has 2 rings (SSSR count). The number of halogens is 2. The minimum Gasteiger partial charge on any atom is -0.448 e. The first-order chi connectivity index (χ1) is 7.61. The lowest BCUT2D eigenvalue weighted by molar-refractivity contribution is 0.468. The summed E-state index contributed by atoms with van der Waals surface area (Å²) >= 11 is 11.0. The third-order valence-electron chi connectivity index (χ3n) is 2.33. The second-order valence-electron chi connectivity index (χ2n) is 3.47. The minimum absolute atomic E-state index is 0.0579. The van der Waals surface area contributed by atoms with E-state index in [1.54, 1.807) is 17.4 Å². The molecule has 0 bridgehead atoms. The van der Waals surface area contributed by atoms with E-state index >= 15 is 0 Å². The van der Waals surface area contributed by atoms with Crippen molar-refractivity contribution in [1.82, 2.24) is 5.32 Å². The minimum atomic E-state index is 0.0579. The topological polar surface area (TPSA) is 25.2 Å². The molecule has 0 fully saturated rings. The lowest BCUT2D eigenvalue weighted by Crippen LogP contribution is -2.15. The summed E-state index contributed by atoms with van der Waals surface area (Å²) in [6, 6.07) is 5.86. The lowest BCUT2D eigenvalue weighted by atomic mass is 10.2. The van der Waals surface area contributed by atoms with Crippen LogP contribution in [0.4, 0.5) is 0 Å². The molecule has 0 aliphatic rings. The van der Waals surface area contributed by atoms with Crippen LogP contribution < -0.4 is 5.32 Å². The van der Waals surface area contributed by atoms with Crippen LogP contribution in [-0.4, -0.2) is 7.05 Å². The molecule has 1 atom stereocenters. The van der Waals surface area contributed by atoms with Crippen LogP contribution in [0.3, 0.4) is 0 Å². The number of rotatable bonds is 3. The van der Waals surface area contributed by atoms with Crippen LogP contribution in [0.5, 0.6) is 0 Å². The second-order valence-corrected chi connectivity index (χ2v) is 6.24. The van der Waals surface area contributed by atoms with Gasteiger partial charge in [-0.2, -0.15) is 0 Å². The van der Waals surface area contributed by atoms with E-state index in [4.69, 9.17) is 16.0 Å². The zero-order valence-electron chi connectivity index (χ0n) is 8.88. The number of hydrogen-bond donors (Lipinski definition) is 1. The summed E-state index contributed by atoms with van der Waals surface area (Å²) in [4.78, 5) is 1.21. The molecular formula is C11H11BrClNOS. The highest BCUT2D eigenvalue weighted by Gasteiger charge is 2.18. The quantitative estimate of drug-likeness (QED) is 0.908. The largest absolute Gasteiger partial charge is 0.448 e. The van der Waals surface area contributed by atoms with Gasteiger partial charge in [0, 0.05) is 4.88 Å². The molecule has 0 radical (unpaired) electrons. The Kier molecular flexibility index (Phi) is 3.74. The number of furan rings is 1. The summed E-state index contributed by atoms with van der Waals surface area (Å²) in [6.45, 7) is 2.08. The summed E-state index contributed by atoms with van der Waals surface area (Å²) in [5, 5.41) is 3.64. The predicted octanol–water partition coefficient (Wildman–Crippen LogP) is 4.37. The fourth-order valence-corrected chi connectivity index (χ4v) is 3.38. The molecule has 2 aromatic rings. The van der Waals surface area contributed by atoms with E-state index in [-0.39, 0.29) is 6.04 Å². The van der Waals surface area contributed by atoms with Crippen molar-refractivity contribution in [3.8, 4) is 0 Å². The molecule has 0 aromatic carbocycles. The van der Waals surface area contributed by atoms with Gasteiger partial charge in [-0.25, -0.2) is 0 Å². The van der Waals surface area contributed by atoms with E-state index in [9.17, 15) is 0 Å². The number of thiophene rings is 1. The molecule has 0 amide bonds. The maximum absolute atomic E-state index is 5.79. The maximum Gasteiger partial charge on any atom is 0.193 e. The number of aryl methyl sites for hydroxylation is 1. The van der Waals surface area contributed by atoms with Crippen LogP contribution >= 0.6 is 38.9 Å². The molecule has 1 unspecified atom stereocenters. The third-order valence-corrected chi connectivity index (χ3v) is 4.73. The van der Waals surface area contributed by atoms with Gasteiger partial charge in [-0.05, 0) is 65.3 Å². The van der Waals surface area contributed by atoms with Gasteiger partial charge in [0.2, 0.25) is 0 Å². The van der Waals surface area contributed by atoms with Crippen molar-refractivity contribution in [3.05, 3.63) is 43.4 Å². The second kappa shape index (κ2) is 4.92. The molecule has 0 saturated carbocycles. The smallest absolute Gasteiger partial charge is 0.193 e. The zero-order chi connectivity index (χ0) is 11.7. The Morgan fingerprint density at radius 3 is 2.69 bits per heavy atom. The average Bonchev–Trinajstić information content (AvgIpc) is 2.77. The first kappa shape index (κ1) is 12.2. The van der Waals surface area contributed by atoms with Gasteiger partial charge in [-0.1, -0.05) is 0 Å². The average molecular weight is 321 g/mol. The molecule has 0 aliphatic carbocycles. The summed E-state index contributed by atoms with van der Waals surface area (Å²) in [6.07, 6.45) is 0. The molecule has 1 N–H and O–H groups in total. The summed E-state index contributed by atoms with van der Waals surface area (Å²) in [5.41, 5.74) is 1.23. The van der Waals surface area contributed by atoms with Crippen molar-refractivity contribution < 1.29 is 4.42 Å². The predicted molar refractivity (Wildman–Crippen MR) is 71.4 cm³/mol. The molecule has 0 aliphatic heterocycles. The Hall–Kier alpha value is -0.290. The van der Waals surface area contributed by atoms with Crippen molar-refractivity contribution in [2.45, 2.75) is 13.0 Å².